The lowest BCUT2D eigenvalue weighted by atomic mass is 10.2. The van der Waals surface area contributed by atoms with Gasteiger partial charge in [0.2, 0.25) is 0 Å². The average molecular weight is 319 g/mol. The molecule has 7 heteroatoms. The number of nitrogens with zero attached hydrogens (tertiary/aromatic N) is 1. The minimum absolute atomic E-state index is 0.0936. The van der Waals surface area contributed by atoms with E-state index in [2.05, 4.69) is 9.99 Å². The predicted octanol–water partition coefficient (Wildman–Crippen LogP) is 4.50. The van der Waals surface area contributed by atoms with Crippen molar-refractivity contribution in [1.29, 1.82) is 0 Å². The number of hydrogen-bond donors (Lipinski definition) is 0. The second-order valence-corrected chi connectivity index (χ2v) is 9.72. The van der Waals surface area contributed by atoms with Crippen molar-refractivity contribution in [3.8, 4) is 0 Å². The Morgan fingerprint density at radius 3 is 2.60 bits per heavy atom. The molecule has 1 unspecified atom stereocenters. The Bertz CT molecular complexity index is 522. The lowest BCUT2D eigenvalue weighted by molar-refractivity contribution is 0.206. The first kappa shape index (κ1) is 17.1. The van der Waals surface area contributed by atoms with Crippen molar-refractivity contribution in [2.75, 3.05) is 13.3 Å². The monoisotopic (exact) mass is 319 g/mol. The molecule has 0 bridgehead atoms. The summed E-state index contributed by atoms with van der Waals surface area (Å²) in [6.45, 7) is 2.62. The van der Waals surface area contributed by atoms with Gasteiger partial charge in [0.25, 0.3) is 5.90 Å². The molecule has 0 aromatic heterocycles. The summed E-state index contributed by atoms with van der Waals surface area (Å²) in [5.74, 6) is -0.593. The maximum absolute atomic E-state index is 13.8. The molecule has 112 valence electrons. The molecule has 0 aliphatic carbocycles. The smallest absolute Gasteiger partial charge is 0.304 e. The lowest BCUT2D eigenvalue weighted by Gasteiger charge is -2.19. The van der Waals surface area contributed by atoms with Gasteiger partial charge < -0.3 is 9.36 Å². The molecule has 1 aromatic rings. The van der Waals surface area contributed by atoms with E-state index in [-0.39, 0.29) is 16.7 Å². The number of benzene rings is 1. The van der Waals surface area contributed by atoms with Crippen LogP contribution in [-0.2, 0) is 13.9 Å². The summed E-state index contributed by atoms with van der Waals surface area (Å²) in [5.41, 5.74) is 0.132. The van der Waals surface area contributed by atoms with Gasteiger partial charge in [-0.25, -0.2) is 4.39 Å². The Morgan fingerprint density at radius 1 is 1.45 bits per heavy atom. The Kier molecular flexibility index (Phi) is 6.56. The Labute approximate surface area is 122 Å². The standard InChI is InChI=1S/C13H19FNO3PS/c1-5-19(16,20-10(2)3)18-13(15-17-4)11-8-6-7-9-12(11)14/h6-10H,5H2,1-4H3. The first-order chi connectivity index (χ1) is 9.41. The van der Waals surface area contributed by atoms with Crippen molar-refractivity contribution in [1.82, 2.24) is 0 Å². The van der Waals surface area contributed by atoms with E-state index in [1.54, 1.807) is 19.1 Å². The van der Waals surface area contributed by atoms with Crippen LogP contribution >= 0.6 is 18.0 Å². The first-order valence-electron chi connectivity index (χ1n) is 6.25. The third kappa shape index (κ3) is 4.84. The van der Waals surface area contributed by atoms with E-state index in [9.17, 15) is 8.96 Å². The molecule has 1 atom stereocenters. The minimum Gasteiger partial charge on any atom is -0.414 e. The van der Waals surface area contributed by atoms with Crippen LogP contribution in [0, 0.1) is 5.82 Å². The van der Waals surface area contributed by atoms with Crippen LogP contribution in [0.4, 0.5) is 4.39 Å². The van der Waals surface area contributed by atoms with Gasteiger partial charge in [-0.1, -0.05) is 44.3 Å². The van der Waals surface area contributed by atoms with Gasteiger partial charge in [0, 0.05) is 11.4 Å². The normalized spacial score (nSPS) is 15.0. The second-order valence-electron chi connectivity index (χ2n) is 4.23. The quantitative estimate of drug-likeness (QED) is 0.335. The summed E-state index contributed by atoms with van der Waals surface area (Å²) in [7, 11) is 1.33. The predicted molar refractivity (Wildman–Crippen MR) is 81.9 cm³/mol. The fourth-order valence-corrected chi connectivity index (χ4v) is 5.52. The molecule has 1 rings (SSSR count). The summed E-state index contributed by atoms with van der Waals surface area (Å²) >= 11 is 1.23. The Hall–Kier alpha value is -1.000. The van der Waals surface area contributed by atoms with Crippen LogP contribution in [0.5, 0.6) is 0 Å². The summed E-state index contributed by atoms with van der Waals surface area (Å²) < 4.78 is 31.9. The number of rotatable bonds is 6. The zero-order valence-corrected chi connectivity index (χ0v) is 13.7. The van der Waals surface area contributed by atoms with Crippen molar-refractivity contribution in [2.45, 2.75) is 26.0 Å². The van der Waals surface area contributed by atoms with E-state index >= 15 is 0 Å². The maximum atomic E-state index is 13.8. The Balaban J connectivity index is 3.08. The van der Waals surface area contributed by atoms with Crippen molar-refractivity contribution >= 4 is 23.9 Å². The topological polar surface area (TPSA) is 47.9 Å². The highest BCUT2D eigenvalue weighted by Gasteiger charge is 2.28. The first-order valence-corrected chi connectivity index (χ1v) is 9.54. The molecule has 0 heterocycles. The third-order valence-electron chi connectivity index (χ3n) is 2.26. The van der Waals surface area contributed by atoms with Gasteiger partial charge in [-0.15, -0.1) is 0 Å². The largest absolute Gasteiger partial charge is 0.414 e. The van der Waals surface area contributed by atoms with Gasteiger partial charge >= 0.3 is 6.57 Å². The van der Waals surface area contributed by atoms with Crippen LogP contribution in [0.3, 0.4) is 0 Å². The zero-order valence-electron chi connectivity index (χ0n) is 12.0. The fourth-order valence-electron chi connectivity index (χ4n) is 1.45. The molecule has 4 nitrogen and oxygen atoms in total. The molecule has 0 radical (unpaired) electrons. The highest BCUT2D eigenvalue weighted by atomic mass is 32.7. The van der Waals surface area contributed by atoms with Crippen molar-refractivity contribution in [3.63, 3.8) is 0 Å². The van der Waals surface area contributed by atoms with Crippen LogP contribution in [0.1, 0.15) is 26.3 Å². The summed E-state index contributed by atoms with van der Waals surface area (Å²) in [6, 6.07) is 6.01. The van der Waals surface area contributed by atoms with Crippen LogP contribution in [0.2, 0.25) is 0 Å². The summed E-state index contributed by atoms with van der Waals surface area (Å²) in [4.78, 5) is 4.67. The summed E-state index contributed by atoms with van der Waals surface area (Å²) in [5, 5.41) is 3.79. The summed E-state index contributed by atoms with van der Waals surface area (Å²) in [6.07, 6.45) is 0.326. The fraction of sp³-hybridized carbons (Fsp3) is 0.462. The van der Waals surface area contributed by atoms with Crippen molar-refractivity contribution in [2.24, 2.45) is 5.16 Å². The number of hydrogen-bond acceptors (Lipinski definition) is 5. The van der Waals surface area contributed by atoms with Crippen molar-refractivity contribution in [3.05, 3.63) is 35.6 Å². The second kappa shape index (κ2) is 7.70. The highest BCUT2D eigenvalue weighted by Crippen LogP contribution is 2.61. The molecule has 0 spiro atoms. The molecule has 1 aromatic carbocycles. The van der Waals surface area contributed by atoms with E-state index < -0.39 is 12.4 Å². The molecular formula is C13H19FNO3PS. The molecule has 0 aliphatic heterocycles. The molecule has 0 saturated heterocycles. The minimum atomic E-state index is -2.99. The van der Waals surface area contributed by atoms with Gasteiger partial charge in [0.15, 0.2) is 0 Å². The molecular weight excluding hydrogens is 300 g/mol. The molecule has 0 N–H and O–H groups in total. The van der Waals surface area contributed by atoms with E-state index in [0.717, 1.165) is 0 Å². The van der Waals surface area contributed by atoms with Gasteiger partial charge in [0.1, 0.15) is 12.9 Å². The molecule has 0 fully saturated rings. The Morgan fingerprint density at radius 2 is 2.10 bits per heavy atom. The third-order valence-corrected chi connectivity index (χ3v) is 7.46. The molecule has 0 saturated carbocycles. The van der Waals surface area contributed by atoms with E-state index in [1.807, 2.05) is 13.8 Å². The van der Waals surface area contributed by atoms with Gasteiger partial charge in [0.05, 0.1) is 5.56 Å². The zero-order chi connectivity index (χ0) is 15.2. The van der Waals surface area contributed by atoms with Gasteiger partial charge in [-0.2, -0.15) is 0 Å². The number of halogens is 1. The van der Waals surface area contributed by atoms with E-state index in [0.29, 0.717) is 6.16 Å². The van der Waals surface area contributed by atoms with Crippen LogP contribution in [-0.4, -0.2) is 24.4 Å². The van der Waals surface area contributed by atoms with Crippen LogP contribution in [0.25, 0.3) is 0 Å². The SMILES string of the molecule is CCP(=O)(OC(=NOC)c1ccccc1F)SC(C)C. The molecule has 0 amide bonds. The van der Waals surface area contributed by atoms with Gasteiger partial charge in [-0.3, -0.25) is 4.57 Å². The van der Waals surface area contributed by atoms with Crippen molar-refractivity contribution < 1.29 is 18.3 Å². The van der Waals surface area contributed by atoms with E-state index in [4.69, 9.17) is 4.52 Å². The van der Waals surface area contributed by atoms with Crippen LogP contribution in [0.15, 0.2) is 29.4 Å². The highest BCUT2D eigenvalue weighted by molar-refractivity contribution is 8.56. The number of oxime groups is 1. The van der Waals surface area contributed by atoms with Gasteiger partial charge in [-0.05, 0) is 17.3 Å². The lowest BCUT2D eigenvalue weighted by Crippen LogP contribution is -2.09. The average Bonchev–Trinajstić information content (AvgIpc) is 2.38. The van der Waals surface area contributed by atoms with Crippen LogP contribution < -0.4 is 0 Å². The maximum Gasteiger partial charge on any atom is 0.304 e. The molecule has 20 heavy (non-hydrogen) atoms. The molecule has 0 aliphatic rings. The van der Waals surface area contributed by atoms with E-state index in [1.165, 1.54) is 30.6 Å².